The maximum absolute atomic E-state index is 10.7. The number of aliphatic hydroxyl groups excluding tert-OH is 2. The molecule has 0 aromatic rings. The van der Waals surface area contributed by atoms with E-state index < -0.39 is 36.1 Å². The van der Waals surface area contributed by atoms with E-state index in [9.17, 15) is 19.2 Å². The fraction of sp³-hybridized carbons (Fsp3) is 0.500. The molecule has 2 atom stereocenters. The molecule has 0 saturated carbocycles. The summed E-state index contributed by atoms with van der Waals surface area (Å²) in [6.45, 7) is 11.8. The van der Waals surface area contributed by atoms with Gasteiger partial charge in [-0.3, -0.25) is 0 Å². The van der Waals surface area contributed by atoms with Gasteiger partial charge in [-0.15, -0.1) is 0 Å². The largest absolute Gasteiger partial charge is 0.479 e. The molecule has 0 aliphatic carbocycles. The average Bonchev–Trinajstić information content (AvgIpc) is 2.54. The number of aliphatic carboxylic acids is 2. The minimum atomic E-state index is -1.17. The fourth-order valence-electron chi connectivity index (χ4n) is 0.623. The summed E-state index contributed by atoms with van der Waals surface area (Å²) < 4.78 is 8.87. The lowest BCUT2D eigenvalue weighted by Gasteiger charge is -2.07. The van der Waals surface area contributed by atoms with Crippen LogP contribution in [0.5, 0.6) is 0 Å². The van der Waals surface area contributed by atoms with Gasteiger partial charge in [-0.2, -0.15) is 0 Å². The summed E-state index contributed by atoms with van der Waals surface area (Å²) in [5.74, 6) is -3.70. The lowest BCUT2D eigenvalue weighted by atomic mass is 10.3. The predicted octanol–water partition coefficient (Wildman–Crippen LogP) is 0.129. The first kappa shape index (κ1) is 28.1. The van der Waals surface area contributed by atoms with Crippen LogP contribution in [-0.4, -0.2) is 69.7 Å². The normalized spacial score (nSPS) is 11.2. The molecule has 150 valence electrons. The second kappa shape index (κ2) is 15.8. The van der Waals surface area contributed by atoms with Gasteiger partial charge >= 0.3 is 23.9 Å². The van der Waals surface area contributed by atoms with Crippen molar-refractivity contribution < 1.29 is 49.1 Å². The summed E-state index contributed by atoms with van der Waals surface area (Å²) in [7, 11) is 0. The van der Waals surface area contributed by atoms with Crippen LogP contribution < -0.4 is 0 Å². The lowest BCUT2D eigenvalue weighted by molar-refractivity contribution is -0.159. The van der Waals surface area contributed by atoms with E-state index in [0.29, 0.717) is 0 Å². The molecule has 0 rings (SSSR count). The van der Waals surface area contributed by atoms with Gasteiger partial charge in [0.15, 0.2) is 12.2 Å². The Bertz CT molecular complexity index is 463. The van der Waals surface area contributed by atoms with Gasteiger partial charge < -0.3 is 29.9 Å². The highest BCUT2D eigenvalue weighted by molar-refractivity contribution is 5.89. The van der Waals surface area contributed by atoms with Gasteiger partial charge in [0.25, 0.3) is 0 Å². The Morgan fingerprint density at radius 3 is 1.12 bits per heavy atom. The van der Waals surface area contributed by atoms with Crippen LogP contribution in [0, 0.1) is 0 Å². The number of hydrogen-bond donors (Lipinski definition) is 4. The van der Waals surface area contributed by atoms with E-state index in [1.807, 2.05) is 0 Å². The number of esters is 2. The molecule has 0 bridgehead atoms. The molecule has 0 aliphatic rings. The van der Waals surface area contributed by atoms with Gasteiger partial charge in [-0.1, -0.05) is 13.2 Å². The molecule has 0 aromatic carbocycles. The Hall–Kier alpha value is -2.72. The molecule has 0 aromatic heterocycles. The minimum absolute atomic E-state index is 0.125. The smallest absolute Gasteiger partial charge is 0.344 e. The molecular weight excluding hydrogens is 352 g/mol. The van der Waals surface area contributed by atoms with E-state index in [-0.39, 0.29) is 24.4 Å². The third-order valence-electron chi connectivity index (χ3n) is 2.06. The first-order valence-corrected chi connectivity index (χ1v) is 7.21. The van der Waals surface area contributed by atoms with Crippen molar-refractivity contribution in [3.63, 3.8) is 0 Å². The highest BCUT2D eigenvalue weighted by Crippen LogP contribution is 1.98. The van der Waals surface area contributed by atoms with Crippen LogP contribution >= 0.6 is 0 Å². The molecule has 0 spiro atoms. The van der Waals surface area contributed by atoms with Crippen molar-refractivity contribution in [2.75, 3.05) is 13.2 Å². The third-order valence-corrected chi connectivity index (χ3v) is 2.06. The number of carboxylic acid groups (broad SMARTS) is 2. The summed E-state index contributed by atoms with van der Waals surface area (Å²) in [4.78, 5) is 41.6. The molecule has 0 aliphatic heterocycles. The summed E-state index contributed by atoms with van der Waals surface area (Å²) in [6.07, 6.45) is -2.22. The minimum Gasteiger partial charge on any atom is -0.479 e. The zero-order valence-corrected chi connectivity index (χ0v) is 15.2. The van der Waals surface area contributed by atoms with Crippen LogP contribution in [0.15, 0.2) is 24.3 Å². The van der Waals surface area contributed by atoms with Gasteiger partial charge in [-0.25, -0.2) is 19.2 Å². The van der Waals surface area contributed by atoms with Crippen molar-refractivity contribution in [1.29, 1.82) is 0 Å². The Morgan fingerprint density at radius 1 is 0.769 bits per heavy atom. The molecule has 0 heterocycles. The molecule has 0 amide bonds. The number of carboxylic acids is 2. The van der Waals surface area contributed by atoms with Crippen molar-refractivity contribution in [3.8, 4) is 0 Å². The number of carbonyl (C=O) groups excluding carboxylic acids is 2. The average molecular weight is 378 g/mol. The van der Waals surface area contributed by atoms with Gasteiger partial charge in [-0.05, 0) is 27.7 Å². The molecule has 0 radical (unpaired) electrons. The second-order valence-corrected chi connectivity index (χ2v) is 4.78. The van der Waals surface area contributed by atoms with Crippen LogP contribution in [0.2, 0.25) is 0 Å². The standard InChI is InChI=1S/2C7H10O4.C2H6O2/c2*1-4(2)7(10)11-5(3)6(8)9;3-1-2-4/h2*5H,1H2,2-3H3,(H,8,9);3-4H,1-2H2. The SMILES string of the molecule is C=C(C)C(=O)OC(C)C(=O)O.C=C(C)C(=O)OC(C)C(=O)O.OCCO. The van der Waals surface area contributed by atoms with E-state index >= 15 is 0 Å². The van der Waals surface area contributed by atoms with E-state index in [2.05, 4.69) is 22.6 Å². The number of rotatable bonds is 7. The number of ether oxygens (including phenoxy) is 2. The Labute approximate surface area is 151 Å². The van der Waals surface area contributed by atoms with Gasteiger partial charge in [0.05, 0.1) is 13.2 Å². The third kappa shape index (κ3) is 17.6. The Balaban J connectivity index is -0.000000338. The Kier molecular flexibility index (Phi) is 17.1. The maximum atomic E-state index is 10.7. The van der Waals surface area contributed by atoms with Crippen LogP contribution in [-0.2, 0) is 28.7 Å². The highest BCUT2D eigenvalue weighted by Gasteiger charge is 2.16. The van der Waals surface area contributed by atoms with Crippen LogP contribution in [0.3, 0.4) is 0 Å². The number of hydrogen-bond acceptors (Lipinski definition) is 8. The summed E-state index contributed by atoms with van der Waals surface area (Å²) in [5, 5.41) is 31.9. The summed E-state index contributed by atoms with van der Waals surface area (Å²) in [5.41, 5.74) is 0.385. The Morgan fingerprint density at radius 2 is 1.00 bits per heavy atom. The fourth-order valence-corrected chi connectivity index (χ4v) is 0.623. The van der Waals surface area contributed by atoms with Crippen molar-refractivity contribution in [2.24, 2.45) is 0 Å². The van der Waals surface area contributed by atoms with Crippen molar-refractivity contribution in [3.05, 3.63) is 24.3 Å². The second-order valence-electron chi connectivity index (χ2n) is 4.78. The van der Waals surface area contributed by atoms with Crippen LogP contribution in [0.1, 0.15) is 27.7 Å². The van der Waals surface area contributed by atoms with Crippen LogP contribution in [0.4, 0.5) is 0 Å². The maximum Gasteiger partial charge on any atom is 0.344 e. The lowest BCUT2D eigenvalue weighted by Crippen LogP contribution is -2.23. The number of aliphatic hydroxyl groups is 2. The van der Waals surface area contributed by atoms with Crippen LogP contribution in [0.25, 0.3) is 0 Å². The van der Waals surface area contributed by atoms with E-state index in [4.69, 9.17) is 20.4 Å². The van der Waals surface area contributed by atoms with E-state index in [1.165, 1.54) is 27.7 Å². The molecule has 2 unspecified atom stereocenters. The molecule has 10 heteroatoms. The van der Waals surface area contributed by atoms with E-state index in [0.717, 1.165) is 0 Å². The van der Waals surface area contributed by atoms with Gasteiger partial charge in [0.1, 0.15) is 0 Å². The first-order valence-electron chi connectivity index (χ1n) is 7.21. The summed E-state index contributed by atoms with van der Waals surface area (Å²) in [6, 6.07) is 0. The molecule has 10 nitrogen and oxygen atoms in total. The molecule has 26 heavy (non-hydrogen) atoms. The van der Waals surface area contributed by atoms with Gasteiger partial charge in [0, 0.05) is 11.1 Å². The van der Waals surface area contributed by atoms with Crippen molar-refractivity contribution in [2.45, 2.75) is 39.9 Å². The topological polar surface area (TPSA) is 168 Å². The zero-order chi connectivity index (χ0) is 21.4. The first-order chi connectivity index (χ1) is 11.8. The van der Waals surface area contributed by atoms with Crippen molar-refractivity contribution in [1.82, 2.24) is 0 Å². The van der Waals surface area contributed by atoms with E-state index in [1.54, 1.807) is 0 Å². The molecule has 4 N–H and O–H groups in total. The highest BCUT2D eigenvalue weighted by atomic mass is 16.6. The molecule has 0 fully saturated rings. The zero-order valence-electron chi connectivity index (χ0n) is 15.2. The monoisotopic (exact) mass is 378 g/mol. The summed E-state index contributed by atoms with van der Waals surface area (Å²) >= 11 is 0. The number of carbonyl (C=O) groups is 4. The predicted molar refractivity (Wildman–Crippen MR) is 90.2 cm³/mol. The quantitative estimate of drug-likeness (QED) is 0.353. The van der Waals surface area contributed by atoms with Gasteiger partial charge in [0.2, 0.25) is 0 Å². The molecule has 0 saturated heterocycles. The molecular formula is C16H26O10. The van der Waals surface area contributed by atoms with Crippen molar-refractivity contribution >= 4 is 23.9 Å².